The van der Waals surface area contributed by atoms with E-state index in [-0.39, 0.29) is 11.2 Å². The molecule has 10 heteroatoms. The molecule has 0 fully saturated rings. The second-order valence-corrected chi connectivity index (χ2v) is 5.11. The highest BCUT2D eigenvalue weighted by molar-refractivity contribution is 5.97. The molecule has 2 atom stereocenters. The predicted octanol–water partition coefficient (Wildman–Crippen LogP) is -1.25. The summed E-state index contributed by atoms with van der Waals surface area (Å²) in [5.74, 6) is -2.02. The number of aliphatic hydroxyl groups is 1. The summed E-state index contributed by atoms with van der Waals surface area (Å²) in [6, 6.07) is 0. The first kappa shape index (κ1) is 15.3. The van der Waals surface area contributed by atoms with Crippen molar-refractivity contribution >= 4 is 16.9 Å². The Morgan fingerprint density at radius 1 is 1.30 bits per heavy atom. The Kier molecular flexibility index (Phi) is 3.49. The molecule has 3 heterocycles. The minimum absolute atomic E-state index is 0.00413. The lowest BCUT2D eigenvalue weighted by Gasteiger charge is -2.25. The van der Waals surface area contributed by atoms with Crippen molar-refractivity contribution in [3.63, 3.8) is 0 Å². The monoisotopic (exact) mass is 324 g/mol. The van der Waals surface area contributed by atoms with Crippen LogP contribution < -0.4 is 11.2 Å². The molecule has 2 unspecified atom stereocenters. The third kappa shape index (κ3) is 2.14. The molecular weight excluding hydrogens is 311 g/mol. The van der Waals surface area contributed by atoms with E-state index in [2.05, 4.69) is 4.98 Å². The molecule has 0 amide bonds. The van der Waals surface area contributed by atoms with E-state index in [4.69, 9.17) is 9.84 Å². The fourth-order valence-corrected chi connectivity index (χ4v) is 2.49. The lowest BCUT2D eigenvalue weighted by Crippen LogP contribution is -2.38. The van der Waals surface area contributed by atoms with E-state index in [0.29, 0.717) is 0 Å². The SMILES string of the molecule is Cn1c(=O)c2ncn(C3C=C(F)C(=O)C(CO)O3)c2n(C)c1=O. The minimum atomic E-state index is -1.36. The number of hydrogen-bond donors (Lipinski definition) is 1. The van der Waals surface area contributed by atoms with Crippen LogP contribution >= 0.6 is 0 Å². The average Bonchev–Trinajstić information content (AvgIpc) is 2.98. The average molecular weight is 324 g/mol. The lowest BCUT2D eigenvalue weighted by molar-refractivity contribution is -0.140. The van der Waals surface area contributed by atoms with Gasteiger partial charge >= 0.3 is 5.69 Å². The molecule has 0 spiro atoms. The second-order valence-electron chi connectivity index (χ2n) is 5.11. The Labute approximate surface area is 127 Å². The summed E-state index contributed by atoms with van der Waals surface area (Å²) in [5.41, 5.74) is -1.06. The number of rotatable bonds is 2. The van der Waals surface area contributed by atoms with Gasteiger partial charge in [0.15, 0.2) is 23.2 Å². The van der Waals surface area contributed by atoms with Gasteiger partial charge in [0.1, 0.15) is 6.10 Å². The van der Waals surface area contributed by atoms with Crippen LogP contribution in [0.1, 0.15) is 6.23 Å². The summed E-state index contributed by atoms with van der Waals surface area (Å²) in [7, 11) is 2.75. The van der Waals surface area contributed by atoms with E-state index in [0.717, 1.165) is 10.6 Å². The summed E-state index contributed by atoms with van der Waals surface area (Å²) in [6.45, 7) is -0.691. The maximum Gasteiger partial charge on any atom is 0.332 e. The zero-order valence-corrected chi connectivity index (χ0v) is 12.3. The normalized spacial score (nSPS) is 21.7. The molecule has 0 aliphatic carbocycles. The Hall–Kier alpha value is -2.59. The molecule has 1 aliphatic heterocycles. The number of nitrogens with zero attached hydrogens (tertiary/aromatic N) is 4. The second kappa shape index (κ2) is 5.25. The molecule has 0 radical (unpaired) electrons. The molecule has 2 aromatic heterocycles. The van der Waals surface area contributed by atoms with Crippen LogP contribution in [0.15, 0.2) is 27.8 Å². The van der Waals surface area contributed by atoms with Crippen LogP contribution in [-0.4, -0.2) is 42.3 Å². The van der Waals surface area contributed by atoms with E-state index in [1.54, 1.807) is 0 Å². The van der Waals surface area contributed by atoms with Crippen LogP contribution in [0.4, 0.5) is 4.39 Å². The molecule has 23 heavy (non-hydrogen) atoms. The first-order valence-corrected chi connectivity index (χ1v) is 6.67. The van der Waals surface area contributed by atoms with Gasteiger partial charge in [-0.1, -0.05) is 0 Å². The number of aliphatic hydroxyl groups excluding tert-OH is 1. The van der Waals surface area contributed by atoms with Crippen molar-refractivity contribution in [3.05, 3.63) is 39.1 Å². The van der Waals surface area contributed by atoms with Crippen molar-refractivity contribution in [2.24, 2.45) is 14.1 Å². The van der Waals surface area contributed by atoms with Gasteiger partial charge in [-0.15, -0.1) is 0 Å². The molecule has 1 N–H and O–H groups in total. The van der Waals surface area contributed by atoms with Crippen LogP contribution in [0.5, 0.6) is 0 Å². The quantitative estimate of drug-likeness (QED) is 0.739. The van der Waals surface area contributed by atoms with Crippen molar-refractivity contribution in [1.82, 2.24) is 18.7 Å². The van der Waals surface area contributed by atoms with Gasteiger partial charge in [0.05, 0.1) is 12.9 Å². The molecule has 0 saturated carbocycles. The highest BCUT2D eigenvalue weighted by atomic mass is 19.1. The highest BCUT2D eigenvalue weighted by Crippen LogP contribution is 2.26. The van der Waals surface area contributed by atoms with Crippen LogP contribution in [0, 0.1) is 0 Å². The molecule has 0 aromatic carbocycles. The van der Waals surface area contributed by atoms with Crippen molar-refractivity contribution < 1.29 is 19.0 Å². The van der Waals surface area contributed by atoms with E-state index >= 15 is 0 Å². The summed E-state index contributed by atoms with van der Waals surface area (Å²) < 4.78 is 22.4. The number of carbonyl (C=O) groups excluding carboxylic acids is 1. The van der Waals surface area contributed by atoms with Crippen molar-refractivity contribution in [3.8, 4) is 0 Å². The van der Waals surface area contributed by atoms with Crippen LogP contribution in [0.3, 0.4) is 0 Å². The number of ether oxygens (including phenoxy) is 1. The van der Waals surface area contributed by atoms with Crippen LogP contribution in [0.25, 0.3) is 11.2 Å². The van der Waals surface area contributed by atoms with Gasteiger partial charge in [-0.3, -0.25) is 23.3 Å². The van der Waals surface area contributed by atoms with Gasteiger partial charge < -0.3 is 9.84 Å². The fraction of sp³-hybridized carbons (Fsp3) is 0.385. The zero-order valence-electron chi connectivity index (χ0n) is 12.3. The zero-order chi connectivity index (χ0) is 16.9. The molecular formula is C13H13FN4O5. The highest BCUT2D eigenvalue weighted by Gasteiger charge is 2.33. The molecule has 0 saturated heterocycles. The number of carbonyl (C=O) groups is 1. The largest absolute Gasteiger partial charge is 0.393 e. The Balaban J connectivity index is 2.25. The maximum atomic E-state index is 13.7. The summed E-state index contributed by atoms with van der Waals surface area (Å²) in [4.78, 5) is 39.6. The fourth-order valence-electron chi connectivity index (χ4n) is 2.49. The van der Waals surface area contributed by atoms with Crippen molar-refractivity contribution in [1.29, 1.82) is 0 Å². The number of aryl methyl sites for hydroxylation is 1. The molecule has 2 aromatic rings. The first-order valence-electron chi connectivity index (χ1n) is 6.67. The van der Waals surface area contributed by atoms with Crippen LogP contribution in [0.2, 0.25) is 0 Å². The third-order valence-electron chi connectivity index (χ3n) is 3.73. The van der Waals surface area contributed by atoms with Gasteiger partial charge in [0.2, 0.25) is 5.78 Å². The van der Waals surface area contributed by atoms with Crippen molar-refractivity contribution in [2.45, 2.75) is 12.3 Å². The maximum absolute atomic E-state index is 13.7. The standard InChI is InChI=1S/C13H13FN4O5/c1-16-11-9(12(21)17(2)13(16)22)15-5-18(11)8-3-6(14)10(20)7(4-19)23-8/h3,5,7-8,19H,4H2,1-2H3. The molecule has 1 aliphatic rings. The minimum Gasteiger partial charge on any atom is -0.393 e. The molecule has 3 rings (SSSR count). The molecule has 0 bridgehead atoms. The number of aromatic nitrogens is 4. The molecule has 122 valence electrons. The predicted molar refractivity (Wildman–Crippen MR) is 75.4 cm³/mol. The topological polar surface area (TPSA) is 108 Å². The van der Waals surface area contributed by atoms with Gasteiger partial charge in [0, 0.05) is 20.2 Å². The van der Waals surface area contributed by atoms with Crippen LogP contribution in [-0.2, 0) is 23.6 Å². The number of hydrogen-bond acceptors (Lipinski definition) is 6. The smallest absolute Gasteiger partial charge is 0.332 e. The van der Waals surface area contributed by atoms with Gasteiger partial charge in [0.25, 0.3) is 5.56 Å². The van der Waals surface area contributed by atoms with E-state index in [1.807, 2.05) is 0 Å². The Morgan fingerprint density at radius 3 is 2.65 bits per heavy atom. The summed E-state index contributed by atoms with van der Waals surface area (Å²) in [5, 5.41) is 9.11. The van der Waals surface area contributed by atoms with Gasteiger partial charge in [-0.2, -0.15) is 0 Å². The van der Waals surface area contributed by atoms with Gasteiger partial charge in [-0.05, 0) is 0 Å². The Morgan fingerprint density at radius 2 is 2.00 bits per heavy atom. The number of halogens is 1. The third-order valence-corrected chi connectivity index (χ3v) is 3.73. The van der Waals surface area contributed by atoms with Gasteiger partial charge in [-0.25, -0.2) is 14.2 Å². The summed E-state index contributed by atoms with van der Waals surface area (Å²) >= 11 is 0. The lowest BCUT2D eigenvalue weighted by atomic mass is 10.1. The first-order chi connectivity index (χ1) is 10.9. The number of Topliss-reactive ketones (excluding diaryl/α,β-unsaturated/α-hetero) is 1. The van der Waals surface area contributed by atoms with E-state index in [9.17, 15) is 18.8 Å². The number of imidazole rings is 1. The van der Waals surface area contributed by atoms with Crippen molar-refractivity contribution in [2.75, 3.05) is 6.61 Å². The van der Waals surface area contributed by atoms with E-state index in [1.165, 1.54) is 29.6 Å². The number of ketones is 1. The molecule has 9 nitrogen and oxygen atoms in total. The Bertz CT molecular complexity index is 954. The van der Waals surface area contributed by atoms with E-state index < -0.39 is 41.8 Å². The summed E-state index contributed by atoms with van der Waals surface area (Å²) in [6.07, 6.45) is -0.361. The number of fused-ring (bicyclic) bond motifs is 1.